The summed E-state index contributed by atoms with van der Waals surface area (Å²) in [5, 5.41) is 10.4. The van der Waals surface area contributed by atoms with E-state index in [9.17, 15) is 19.5 Å². The van der Waals surface area contributed by atoms with Crippen molar-refractivity contribution in [1.29, 1.82) is 0 Å². The highest BCUT2D eigenvalue weighted by molar-refractivity contribution is 5.90. The number of carbonyl (C=O) groups is 3. The Balaban J connectivity index is 1.57. The Morgan fingerprint density at radius 1 is 0.771 bits per heavy atom. The number of rotatable bonds is 7. The molecular weight excluding hydrogens is 452 g/mol. The molecule has 3 aromatic carbocycles. The monoisotopic (exact) mass is 477 g/mol. The molecule has 35 heavy (non-hydrogen) atoms. The molecule has 8 nitrogen and oxygen atoms in total. The van der Waals surface area contributed by atoms with E-state index in [0.29, 0.717) is 0 Å². The summed E-state index contributed by atoms with van der Waals surface area (Å²) in [6.07, 6.45) is -7.15. The van der Waals surface area contributed by atoms with Gasteiger partial charge in [-0.25, -0.2) is 14.4 Å². The number of carbonyl (C=O) groups excluding carboxylic acids is 3. The van der Waals surface area contributed by atoms with E-state index in [-0.39, 0.29) is 16.7 Å². The first-order valence-electron chi connectivity index (χ1n) is 11.5. The molecule has 4 rings (SSSR count). The summed E-state index contributed by atoms with van der Waals surface area (Å²) in [7, 11) is 0. The minimum atomic E-state index is -1.69. The maximum atomic E-state index is 12.9. The third-order valence-corrected chi connectivity index (χ3v) is 5.25. The van der Waals surface area contributed by atoms with Gasteiger partial charge in [0, 0.05) is 7.77 Å². The zero-order valence-corrected chi connectivity index (χ0v) is 18.6. The zero-order valence-electron chi connectivity index (χ0n) is 19.6. The molecule has 3 aromatic rings. The first kappa shape index (κ1) is 22.8. The van der Waals surface area contributed by atoms with Crippen LogP contribution in [-0.2, 0) is 18.9 Å². The Morgan fingerprint density at radius 2 is 1.23 bits per heavy atom. The van der Waals surface area contributed by atoms with E-state index in [1.807, 2.05) is 0 Å². The van der Waals surface area contributed by atoms with Crippen LogP contribution in [-0.4, -0.2) is 54.2 Å². The number of aliphatic hydroxyl groups excluding tert-OH is 1. The molecule has 1 heterocycles. The smallest absolute Gasteiger partial charge is 0.338 e. The van der Waals surface area contributed by atoms with Crippen LogP contribution in [0.3, 0.4) is 0 Å². The second kappa shape index (κ2) is 11.4. The lowest BCUT2D eigenvalue weighted by atomic mass is 10.0. The topological polar surface area (TPSA) is 108 Å². The Morgan fingerprint density at radius 3 is 1.74 bits per heavy atom. The third kappa shape index (κ3) is 6.32. The van der Waals surface area contributed by atoms with Crippen LogP contribution in [0.25, 0.3) is 0 Å². The Kier molecular flexibility index (Phi) is 7.42. The number of hydrogen-bond donors (Lipinski definition) is 1. The molecule has 0 radical (unpaired) electrons. The lowest BCUT2D eigenvalue weighted by Gasteiger charge is -2.38. The van der Waals surface area contributed by atoms with E-state index in [4.69, 9.17) is 20.3 Å². The van der Waals surface area contributed by atoms with Gasteiger partial charge in [0.25, 0.3) is 0 Å². The maximum Gasteiger partial charge on any atom is 0.338 e. The van der Waals surface area contributed by atoms with Crippen LogP contribution in [0.2, 0.25) is 0 Å². The highest BCUT2D eigenvalue weighted by atomic mass is 16.7. The van der Waals surface area contributed by atoms with Gasteiger partial charge in [0.05, 0.1) is 16.7 Å². The van der Waals surface area contributed by atoms with Crippen molar-refractivity contribution in [2.45, 2.75) is 31.0 Å². The molecule has 0 aliphatic carbocycles. The van der Waals surface area contributed by atoms with E-state index in [1.165, 1.54) is 24.3 Å². The largest absolute Gasteiger partial charge is 0.459 e. The lowest BCUT2D eigenvalue weighted by molar-refractivity contribution is -0.239. The van der Waals surface area contributed by atoms with Gasteiger partial charge in [-0.3, -0.25) is 0 Å². The van der Waals surface area contributed by atoms with Gasteiger partial charge in [-0.2, -0.15) is 0 Å². The standard InChI is InChI=1S/C27H24O8/c28-23-16-21(34-26(30)19-12-6-2-7-13-19)24(35-27(31)20-14-8-3-9-15-20)22(33-23)17-32-25(29)18-10-4-1-5-11-18/h1-15,21-24,28H,16-17H2/t21-,22+,23-,24-/m0/s1/i16D/t16-,21-,22+,23-,24-. The molecule has 0 unspecified atom stereocenters. The molecule has 1 aliphatic heterocycles. The minimum Gasteiger partial charge on any atom is -0.459 e. The summed E-state index contributed by atoms with van der Waals surface area (Å²) in [5.41, 5.74) is 0.723. The van der Waals surface area contributed by atoms with Crippen LogP contribution in [0, 0.1) is 0 Å². The first-order chi connectivity index (χ1) is 17.4. The van der Waals surface area contributed by atoms with Gasteiger partial charge >= 0.3 is 17.9 Å². The Bertz CT molecular complexity index is 1170. The van der Waals surface area contributed by atoms with Crippen molar-refractivity contribution in [3.05, 3.63) is 108 Å². The van der Waals surface area contributed by atoms with E-state index >= 15 is 0 Å². The summed E-state index contributed by atoms with van der Waals surface area (Å²) in [6, 6.07) is 24.4. The molecule has 0 bridgehead atoms. The molecule has 1 saturated heterocycles. The van der Waals surface area contributed by atoms with Crippen LogP contribution in [0.1, 0.15) is 38.8 Å². The van der Waals surface area contributed by atoms with Crippen molar-refractivity contribution in [2.75, 3.05) is 6.61 Å². The van der Waals surface area contributed by atoms with Gasteiger partial charge in [0.15, 0.2) is 12.4 Å². The van der Waals surface area contributed by atoms with Gasteiger partial charge in [0.1, 0.15) is 18.8 Å². The number of esters is 3. The molecule has 1 N–H and O–H groups in total. The van der Waals surface area contributed by atoms with Crippen molar-refractivity contribution in [1.82, 2.24) is 0 Å². The molecule has 0 amide bonds. The lowest BCUT2D eigenvalue weighted by Crippen LogP contribution is -2.54. The summed E-state index contributed by atoms with van der Waals surface area (Å²) >= 11 is 0. The van der Waals surface area contributed by atoms with Gasteiger partial charge in [-0.1, -0.05) is 54.6 Å². The van der Waals surface area contributed by atoms with E-state index in [1.54, 1.807) is 66.7 Å². The fraction of sp³-hybridized carbons (Fsp3) is 0.222. The van der Waals surface area contributed by atoms with Gasteiger partial charge < -0.3 is 24.1 Å². The molecule has 0 saturated carbocycles. The zero-order chi connectivity index (χ0) is 25.5. The maximum absolute atomic E-state index is 12.9. The van der Waals surface area contributed by atoms with Crippen molar-refractivity contribution in [3.8, 4) is 0 Å². The van der Waals surface area contributed by atoms with Gasteiger partial charge in [-0.15, -0.1) is 0 Å². The summed E-state index contributed by atoms with van der Waals surface area (Å²) in [5.74, 6) is -2.19. The molecule has 1 aliphatic rings. The highest BCUT2D eigenvalue weighted by Crippen LogP contribution is 2.27. The second-order valence-corrected chi connectivity index (χ2v) is 7.69. The van der Waals surface area contributed by atoms with Crippen molar-refractivity contribution >= 4 is 17.9 Å². The molecular formula is C27H24O8. The fourth-order valence-corrected chi connectivity index (χ4v) is 3.52. The average molecular weight is 477 g/mol. The van der Waals surface area contributed by atoms with E-state index in [0.717, 1.165) is 0 Å². The SMILES string of the molecule is [2H][C@H]1[C@H](OC(=O)c2ccccc2)[C@H](OC(=O)c2ccccc2)[C@@H](COC(=O)c2ccccc2)O[C@@H]1O. The normalized spacial score (nSPS) is 24.0. The van der Waals surface area contributed by atoms with Crippen LogP contribution >= 0.6 is 0 Å². The van der Waals surface area contributed by atoms with E-state index in [2.05, 4.69) is 0 Å². The molecule has 5 atom stereocenters. The van der Waals surface area contributed by atoms with Crippen LogP contribution in [0.15, 0.2) is 91.0 Å². The first-order valence-corrected chi connectivity index (χ1v) is 10.9. The number of hydrogen-bond acceptors (Lipinski definition) is 8. The third-order valence-electron chi connectivity index (χ3n) is 5.25. The molecule has 180 valence electrons. The molecule has 1 fully saturated rings. The molecule has 8 heteroatoms. The fourth-order valence-electron chi connectivity index (χ4n) is 3.52. The Labute approximate surface area is 203 Å². The van der Waals surface area contributed by atoms with Crippen molar-refractivity contribution in [3.63, 3.8) is 0 Å². The second-order valence-electron chi connectivity index (χ2n) is 7.69. The van der Waals surface area contributed by atoms with Crippen LogP contribution in [0.5, 0.6) is 0 Å². The quantitative estimate of drug-likeness (QED) is 0.408. The predicted molar refractivity (Wildman–Crippen MR) is 124 cm³/mol. The molecule has 0 aromatic heterocycles. The Hall–Kier alpha value is -4.01. The van der Waals surface area contributed by atoms with Crippen molar-refractivity contribution < 1.29 is 39.8 Å². The van der Waals surface area contributed by atoms with Crippen LogP contribution in [0.4, 0.5) is 0 Å². The minimum absolute atomic E-state index is 0.214. The van der Waals surface area contributed by atoms with Crippen molar-refractivity contribution in [2.24, 2.45) is 0 Å². The summed E-state index contributed by atoms with van der Waals surface area (Å²) in [4.78, 5) is 38.1. The number of aliphatic hydroxyl groups is 1. The predicted octanol–water partition coefficient (Wildman–Crippen LogP) is 3.40. The average Bonchev–Trinajstić information content (AvgIpc) is 2.92. The summed E-state index contributed by atoms with van der Waals surface area (Å²) < 4.78 is 30.4. The molecule has 0 spiro atoms. The number of benzene rings is 3. The highest BCUT2D eigenvalue weighted by Gasteiger charge is 2.44. The van der Waals surface area contributed by atoms with E-state index < -0.39 is 55.5 Å². The number of ether oxygens (including phenoxy) is 4. The van der Waals surface area contributed by atoms with Gasteiger partial charge in [-0.05, 0) is 36.4 Å². The van der Waals surface area contributed by atoms with Crippen LogP contribution < -0.4 is 0 Å². The van der Waals surface area contributed by atoms with Gasteiger partial charge in [0.2, 0.25) is 0 Å². The summed E-state index contributed by atoms with van der Waals surface area (Å²) in [6.45, 7) is -0.427.